The van der Waals surface area contributed by atoms with Gasteiger partial charge in [-0.1, -0.05) is 12.1 Å². The van der Waals surface area contributed by atoms with E-state index in [2.05, 4.69) is 11.4 Å². The number of hydrogen-bond acceptors (Lipinski definition) is 3. The van der Waals surface area contributed by atoms with E-state index in [1.165, 1.54) is 0 Å². The molecule has 0 spiro atoms. The van der Waals surface area contributed by atoms with Crippen LogP contribution < -0.4 is 5.32 Å². The third kappa shape index (κ3) is 3.10. The lowest BCUT2D eigenvalue weighted by Crippen LogP contribution is -1.98. The van der Waals surface area contributed by atoms with E-state index in [-0.39, 0.29) is 10.6 Å². The van der Waals surface area contributed by atoms with E-state index in [9.17, 15) is 10.1 Å². The van der Waals surface area contributed by atoms with E-state index in [1.54, 1.807) is 12.1 Å². The summed E-state index contributed by atoms with van der Waals surface area (Å²) in [6.45, 7) is 5.84. The highest BCUT2D eigenvalue weighted by Crippen LogP contribution is 2.29. The smallest absolute Gasteiger partial charge is 0.292 e. The van der Waals surface area contributed by atoms with E-state index >= 15 is 0 Å². The minimum absolute atomic E-state index is 0.0964. The van der Waals surface area contributed by atoms with Crippen LogP contribution >= 0.6 is 0 Å². The molecule has 0 atom stereocenters. The number of nitrogens with one attached hydrogen (secondary N) is 1. The molecule has 0 amide bonds. The summed E-state index contributed by atoms with van der Waals surface area (Å²) in [6, 6.07) is 11.2. The van der Waals surface area contributed by atoms with Gasteiger partial charge in [-0.05, 0) is 55.7 Å². The summed E-state index contributed by atoms with van der Waals surface area (Å²) in [5, 5.41) is 14.2. The molecule has 2 aromatic rings. The van der Waals surface area contributed by atoms with E-state index < -0.39 is 0 Å². The third-order valence-electron chi connectivity index (χ3n) is 2.85. The normalized spacial score (nSPS) is 10.3. The topological polar surface area (TPSA) is 55.2 Å². The Kier molecular flexibility index (Phi) is 3.51. The lowest BCUT2D eigenvalue weighted by molar-refractivity contribution is -0.384. The summed E-state index contributed by atoms with van der Waals surface area (Å²) in [5.74, 6) is 0. The van der Waals surface area contributed by atoms with Crippen molar-refractivity contribution in [3.05, 3.63) is 63.2 Å². The lowest BCUT2D eigenvalue weighted by atomic mass is 10.1. The van der Waals surface area contributed by atoms with Gasteiger partial charge < -0.3 is 5.32 Å². The number of hydrogen-bond donors (Lipinski definition) is 1. The zero-order valence-electron chi connectivity index (χ0n) is 11.2. The number of anilines is 2. The number of rotatable bonds is 3. The third-order valence-corrected chi connectivity index (χ3v) is 2.85. The van der Waals surface area contributed by atoms with Crippen LogP contribution in [0.4, 0.5) is 17.1 Å². The van der Waals surface area contributed by atoms with Crippen LogP contribution in [0.5, 0.6) is 0 Å². The van der Waals surface area contributed by atoms with E-state index in [0.717, 1.165) is 22.4 Å². The molecular weight excluding hydrogens is 240 g/mol. The molecule has 4 heteroatoms. The van der Waals surface area contributed by atoms with Crippen LogP contribution in [0.2, 0.25) is 0 Å². The van der Waals surface area contributed by atoms with Crippen molar-refractivity contribution < 1.29 is 4.92 Å². The van der Waals surface area contributed by atoms with Gasteiger partial charge in [0.25, 0.3) is 5.69 Å². The molecule has 0 aliphatic heterocycles. The van der Waals surface area contributed by atoms with Crippen LogP contribution in [0, 0.1) is 30.9 Å². The van der Waals surface area contributed by atoms with Gasteiger partial charge in [0.15, 0.2) is 0 Å². The van der Waals surface area contributed by atoms with Gasteiger partial charge in [-0.3, -0.25) is 10.1 Å². The Morgan fingerprint density at radius 2 is 1.58 bits per heavy atom. The van der Waals surface area contributed by atoms with Crippen LogP contribution in [0.15, 0.2) is 36.4 Å². The first kappa shape index (κ1) is 13.1. The first-order valence-electron chi connectivity index (χ1n) is 6.06. The summed E-state index contributed by atoms with van der Waals surface area (Å²) in [6.07, 6.45) is 0. The molecule has 4 nitrogen and oxygen atoms in total. The Morgan fingerprint density at radius 1 is 0.947 bits per heavy atom. The van der Waals surface area contributed by atoms with Crippen molar-refractivity contribution in [2.75, 3.05) is 5.32 Å². The summed E-state index contributed by atoms with van der Waals surface area (Å²) in [5.41, 5.74) is 4.59. The van der Waals surface area contributed by atoms with Gasteiger partial charge >= 0.3 is 0 Å². The molecule has 2 rings (SSSR count). The molecule has 0 saturated carbocycles. The molecule has 0 aliphatic rings. The van der Waals surface area contributed by atoms with Crippen LogP contribution in [-0.2, 0) is 0 Å². The minimum atomic E-state index is -0.363. The standard InChI is InChI=1S/C15H16N2O2/c1-10-4-5-14(15(9-10)17(18)19)16-13-7-11(2)6-12(3)8-13/h4-9,16H,1-3H3. The monoisotopic (exact) mass is 256 g/mol. The zero-order valence-corrected chi connectivity index (χ0v) is 11.2. The molecule has 19 heavy (non-hydrogen) atoms. The highest BCUT2D eigenvalue weighted by atomic mass is 16.6. The number of benzene rings is 2. The Bertz CT molecular complexity index is 616. The van der Waals surface area contributed by atoms with Crippen molar-refractivity contribution >= 4 is 17.1 Å². The van der Waals surface area contributed by atoms with E-state index in [1.807, 2.05) is 39.0 Å². The first-order chi connectivity index (χ1) is 8.95. The van der Waals surface area contributed by atoms with Gasteiger partial charge in [-0.2, -0.15) is 0 Å². The number of nitrogens with zero attached hydrogens (tertiary/aromatic N) is 1. The van der Waals surface area contributed by atoms with Crippen LogP contribution in [0.1, 0.15) is 16.7 Å². The zero-order chi connectivity index (χ0) is 14.0. The maximum atomic E-state index is 11.1. The van der Waals surface area contributed by atoms with Gasteiger partial charge in [0.05, 0.1) is 4.92 Å². The molecule has 0 fully saturated rings. The summed E-state index contributed by atoms with van der Waals surface area (Å²) in [4.78, 5) is 10.7. The fourth-order valence-corrected chi connectivity index (χ4v) is 2.10. The number of aryl methyl sites for hydroxylation is 3. The van der Waals surface area contributed by atoms with Crippen LogP contribution in [-0.4, -0.2) is 4.92 Å². The SMILES string of the molecule is Cc1cc(C)cc(Nc2ccc(C)cc2[N+](=O)[O-])c1. The lowest BCUT2D eigenvalue weighted by Gasteiger charge is -2.09. The van der Waals surface area contributed by atoms with Crippen molar-refractivity contribution in [3.63, 3.8) is 0 Å². The van der Waals surface area contributed by atoms with Gasteiger partial charge in [-0.25, -0.2) is 0 Å². The molecule has 0 bridgehead atoms. The molecule has 0 heterocycles. The average Bonchev–Trinajstić information content (AvgIpc) is 2.30. The van der Waals surface area contributed by atoms with E-state index in [0.29, 0.717) is 5.69 Å². The molecule has 0 saturated heterocycles. The second-order valence-corrected chi connectivity index (χ2v) is 4.78. The molecule has 2 aromatic carbocycles. The molecule has 0 radical (unpaired) electrons. The quantitative estimate of drug-likeness (QED) is 0.659. The largest absolute Gasteiger partial charge is 0.350 e. The predicted molar refractivity (Wildman–Crippen MR) is 77.0 cm³/mol. The summed E-state index contributed by atoms with van der Waals surface area (Å²) >= 11 is 0. The second-order valence-electron chi connectivity index (χ2n) is 4.78. The van der Waals surface area contributed by atoms with Gasteiger partial charge in [0, 0.05) is 11.8 Å². The van der Waals surface area contributed by atoms with Crippen LogP contribution in [0.3, 0.4) is 0 Å². The highest BCUT2D eigenvalue weighted by Gasteiger charge is 2.13. The van der Waals surface area contributed by atoms with Crippen molar-refractivity contribution in [1.29, 1.82) is 0 Å². The second kappa shape index (κ2) is 5.10. The molecule has 0 aromatic heterocycles. The van der Waals surface area contributed by atoms with Crippen molar-refractivity contribution in [3.8, 4) is 0 Å². The summed E-state index contributed by atoms with van der Waals surface area (Å²) in [7, 11) is 0. The first-order valence-corrected chi connectivity index (χ1v) is 6.06. The van der Waals surface area contributed by atoms with Gasteiger partial charge in [0.2, 0.25) is 0 Å². The van der Waals surface area contributed by atoms with Gasteiger partial charge in [0.1, 0.15) is 5.69 Å². The number of nitro benzene ring substituents is 1. The maximum Gasteiger partial charge on any atom is 0.292 e. The Morgan fingerprint density at radius 3 is 2.16 bits per heavy atom. The Labute approximate surface area is 112 Å². The minimum Gasteiger partial charge on any atom is -0.350 e. The van der Waals surface area contributed by atoms with Crippen molar-refractivity contribution in [2.45, 2.75) is 20.8 Å². The Balaban J connectivity index is 2.40. The number of nitro groups is 1. The molecular formula is C15H16N2O2. The average molecular weight is 256 g/mol. The molecule has 98 valence electrons. The molecule has 0 aliphatic carbocycles. The fourth-order valence-electron chi connectivity index (χ4n) is 2.10. The fraction of sp³-hybridized carbons (Fsp3) is 0.200. The predicted octanol–water partition coefficient (Wildman–Crippen LogP) is 4.26. The Hall–Kier alpha value is -2.36. The van der Waals surface area contributed by atoms with Crippen molar-refractivity contribution in [1.82, 2.24) is 0 Å². The van der Waals surface area contributed by atoms with Crippen LogP contribution in [0.25, 0.3) is 0 Å². The molecule has 1 N–H and O–H groups in total. The van der Waals surface area contributed by atoms with E-state index in [4.69, 9.17) is 0 Å². The van der Waals surface area contributed by atoms with Crippen molar-refractivity contribution in [2.24, 2.45) is 0 Å². The highest BCUT2D eigenvalue weighted by molar-refractivity contribution is 5.70. The maximum absolute atomic E-state index is 11.1. The summed E-state index contributed by atoms with van der Waals surface area (Å²) < 4.78 is 0. The van der Waals surface area contributed by atoms with Gasteiger partial charge in [-0.15, -0.1) is 0 Å². The molecule has 0 unspecified atom stereocenters.